The lowest BCUT2D eigenvalue weighted by Gasteiger charge is -2.35. The van der Waals surface area contributed by atoms with Crippen LogP contribution in [0.25, 0.3) is 10.9 Å². The second-order valence-corrected chi connectivity index (χ2v) is 10.5. The van der Waals surface area contributed by atoms with Crippen molar-refractivity contribution in [1.82, 2.24) is 15.3 Å². The summed E-state index contributed by atoms with van der Waals surface area (Å²) < 4.78 is 11.5. The van der Waals surface area contributed by atoms with Gasteiger partial charge in [0.25, 0.3) is 5.91 Å². The molecule has 2 aliphatic heterocycles. The molecule has 0 bridgehead atoms. The van der Waals surface area contributed by atoms with Crippen LogP contribution in [0.4, 0.5) is 11.5 Å². The number of ether oxygens (including phenoxy) is 2. The molecule has 2 aromatic heterocycles. The summed E-state index contributed by atoms with van der Waals surface area (Å²) in [6, 6.07) is 9.43. The number of fused-ring (bicyclic) bond motifs is 4. The molecule has 0 atom stereocenters. The van der Waals surface area contributed by atoms with Crippen LogP contribution in [0.3, 0.4) is 0 Å². The van der Waals surface area contributed by atoms with Crippen LogP contribution in [-0.4, -0.2) is 57.5 Å². The maximum atomic E-state index is 13.2. The number of amides is 2. The normalized spacial score (nSPS) is 22.7. The summed E-state index contributed by atoms with van der Waals surface area (Å²) in [5, 5.41) is 21.1. The van der Waals surface area contributed by atoms with Gasteiger partial charge in [0.2, 0.25) is 5.91 Å². The third kappa shape index (κ3) is 4.81. The van der Waals surface area contributed by atoms with Gasteiger partial charge in [0.1, 0.15) is 24.6 Å². The summed E-state index contributed by atoms with van der Waals surface area (Å²) in [4.78, 5) is 34.8. The van der Waals surface area contributed by atoms with Gasteiger partial charge >= 0.3 is 0 Å². The number of hydrogen-bond donors (Lipinski definition) is 4. The average molecular weight is 522 g/mol. The molecule has 192 valence electrons. The van der Waals surface area contributed by atoms with Crippen molar-refractivity contribution in [1.29, 1.82) is 0 Å². The number of nitrogens with zero attached hydrogens (tertiary/aromatic N) is 2. The van der Waals surface area contributed by atoms with Crippen molar-refractivity contribution in [2.75, 3.05) is 29.6 Å². The van der Waals surface area contributed by atoms with Gasteiger partial charge in [0.05, 0.1) is 32.9 Å². The molecular formula is C26H27N5O5S. The highest BCUT2D eigenvalue weighted by atomic mass is 32.2. The maximum Gasteiger partial charge on any atom is 0.256 e. The molecule has 37 heavy (non-hydrogen) atoms. The third-order valence-electron chi connectivity index (χ3n) is 7.00. The zero-order valence-electron chi connectivity index (χ0n) is 20.1. The summed E-state index contributed by atoms with van der Waals surface area (Å²) in [6.07, 6.45) is 3.58. The minimum atomic E-state index is -1.47. The van der Waals surface area contributed by atoms with Crippen LogP contribution in [0.5, 0.6) is 11.5 Å². The smallest absolute Gasteiger partial charge is 0.256 e. The standard InChI is InChI=1S/C26H27N5O5S/c32-21-14-37-20-4-1-16(29-24(20)31-21)13-28-15-5-8-26(34,9-6-15)25(33)30-18-7-10-27-17-2-3-19-23(22(17)18)36-12-11-35-19/h1-4,7,10,15,28,34H,5-6,8-9,11-14H2,(H,27,30,33)(H,29,31,32)/t15-,26+. The van der Waals surface area contributed by atoms with Crippen molar-refractivity contribution in [2.24, 2.45) is 0 Å². The van der Waals surface area contributed by atoms with Crippen LogP contribution in [0.1, 0.15) is 31.4 Å². The van der Waals surface area contributed by atoms with E-state index >= 15 is 0 Å². The predicted octanol–water partition coefficient (Wildman–Crippen LogP) is 2.85. The molecule has 3 aromatic rings. The second-order valence-electron chi connectivity index (χ2n) is 9.47. The Bertz CT molecular complexity index is 1370. The fourth-order valence-electron chi connectivity index (χ4n) is 4.97. The van der Waals surface area contributed by atoms with E-state index in [2.05, 4.69) is 25.9 Å². The molecule has 0 unspecified atom stereocenters. The van der Waals surface area contributed by atoms with Crippen LogP contribution in [0.15, 0.2) is 41.4 Å². The summed E-state index contributed by atoms with van der Waals surface area (Å²) in [5.41, 5.74) is 0.579. The van der Waals surface area contributed by atoms with E-state index in [4.69, 9.17) is 9.47 Å². The maximum absolute atomic E-state index is 13.2. The second kappa shape index (κ2) is 9.81. The Morgan fingerprint density at radius 1 is 1.16 bits per heavy atom. The van der Waals surface area contributed by atoms with Crippen molar-refractivity contribution in [3.8, 4) is 11.5 Å². The van der Waals surface area contributed by atoms with E-state index < -0.39 is 11.5 Å². The molecule has 4 heterocycles. The molecule has 11 heteroatoms. The number of aromatic nitrogens is 2. The number of carbonyl (C=O) groups excluding carboxylic acids is 2. The van der Waals surface area contributed by atoms with Crippen LogP contribution >= 0.6 is 11.8 Å². The molecular weight excluding hydrogens is 494 g/mol. The molecule has 6 rings (SSSR count). The summed E-state index contributed by atoms with van der Waals surface area (Å²) in [7, 11) is 0. The van der Waals surface area contributed by atoms with E-state index in [1.165, 1.54) is 11.8 Å². The van der Waals surface area contributed by atoms with Crippen molar-refractivity contribution >= 4 is 46.0 Å². The van der Waals surface area contributed by atoms with Gasteiger partial charge in [-0.05, 0) is 56.0 Å². The predicted molar refractivity (Wildman–Crippen MR) is 139 cm³/mol. The van der Waals surface area contributed by atoms with Crippen molar-refractivity contribution < 1.29 is 24.2 Å². The van der Waals surface area contributed by atoms with Gasteiger partial charge in [-0.15, -0.1) is 11.8 Å². The molecule has 3 aliphatic rings. The Morgan fingerprint density at radius 3 is 2.86 bits per heavy atom. The first-order valence-corrected chi connectivity index (χ1v) is 13.3. The number of benzene rings is 1. The number of thioether (sulfide) groups is 1. The van der Waals surface area contributed by atoms with Crippen LogP contribution < -0.4 is 25.4 Å². The Balaban J connectivity index is 1.09. The molecule has 4 N–H and O–H groups in total. The fourth-order valence-corrected chi connectivity index (χ4v) is 5.73. The molecule has 0 saturated heterocycles. The van der Waals surface area contributed by atoms with Gasteiger partial charge in [-0.3, -0.25) is 14.6 Å². The number of nitrogens with one attached hydrogen (secondary N) is 3. The van der Waals surface area contributed by atoms with Gasteiger partial charge < -0.3 is 30.5 Å². The minimum absolute atomic E-state index is 0.0412. The molecule has 1 aromatic carbocycles. The highest BCUT2D eigenvalue weighted by molar-refractivity contribution is 8.00. The number of hydrogen-bond acceptors (Lipinski definition) is 9. The molecule has 1 saturated carbocycles. The zero-order chi connectivity index (χ0) is 25.4. The zero-order valence-corrected chi connectivity index (χ0v) is 20.9. The molecule has 10 nitrogen and oxygen atoms in total. The molecule has 0 radical (unpaired) electrons. The topological polar surface area (TPSA) is 135 Å². The van der Waals surface area contributed by atoms with Crippen LogP contribution in [0, 0.1) is 0 Å². The first-order chi connectivity index (χ1) is 18.0. The number of aliphatic hydroxyl groups is 1. The van der Waals surface area contributed by atoms with Gasteiger partial charge in [0, 0.05) is 18.8 Å². The van der Waals surface area contributed by atoms with E-state index in [1.54, 1.807) is 12.3 Å². The largest absolute Gasteiger partial charge is 0.486 e. The highest BCUT2D eigenvalue weighted by Crippen LogP contribution is 2.41. The summed E-state index contributed by atoms with van der Waals surface area (Å²) in [5.74, 6) is 1.71. The fraction of sp³-hybridized carbons (Fsp3) is 0.385. The van der Waals surface area contributed by atoms with Crippen molar-refractivity contribution in [2.45, 2.75) is 48.8 Å². The molecule has 2 amide bonds. The number of carbonyl (C=O) groups is 2. The van der Waals surface area contributed by atoms with Gasteiger partial charge in [0.15, 0.2) is 11.5 Å². The lowest BCUT2D eigenvalue weighted by atomic mass is 9.81. The Kier molecular flexibility index (Phi) is 6.35. The van der Waals surface area contributed by atoms with E-state index in [0.717, 1.165) is 10.6 Å². The number of pyridine rings is 2. The first-order valence-electron chi connectivity index (χ1n) is 12.4. The van der Waals surface area contributed by atoms with Crippen molar-refractivity contribution in [3.63, 3.8) is 0 Å². The number of rotatable bonds is 5. The quantitative estimate of drug-likeness (QED) is 0.400. The Morgan fingerprint density at radius 2 is 2.00 bits per heavy atom. The van der Waals surface area contributed by atoms with Crippen molar-refractivity contribution in [3.05, 3.63) is 42.2 Å². The first kappa shape index (κ1) is 24.0. The lowest BCUT2D eigenvalue weighted by Crippen LogP contribution is -2.48. The summed E-state index contributed by atoms with van der Waals surface area (Å²) >= 11 is 1.48. The van der Waals surface area contributed by atoms with E-state index in [-0.39, 0.29) is 11.9 Å². The third-order valence-corrected chi connectivity index (χ3v) is 8.05. The van der Waals surface area contributed by atoms with Gasteiger partial charge in [-0.2, -0.15) is 0 Å². The van der Waals surface area contributed by atoms with Gasteiger partial charge in [-0.1, -0.05) is 0 Å². The van der Waals surface area contributed by atoms with E-state index in [0.29, 0.717) is 85.1 Å². The lowest BCUT2D eigenvalue weighted by molar-refractivity contribution is -0.137. The molecule has 0 spiro atoms. The Labute approximate surface area is 217 Å². The monoisotopic (exact) mass is 521 g/mol. The minimum Gasteiger partial charge on any atom is -0.486 e. The Hall–Kier alpha value is -3.41. The average Bonchev–Trinajstić information content (AvgIpc) is 2.92. The van der Waals surface area contributed by atoms with E-state index in [9.17, 15) is 14.7 Å². The molecule has 1 aliphatic carbocycles. The van der Waals surface area contributed by atoms with E-state index in [1.807, 2.05) is 24.3 Å². The van der Waals surface area contributed by atoms with Crippen LogP contribution in [0.2, 0.25) is 0 Å². The molecule has 1 fully saturated rings. The van der Waals surface area contributed by atoms with Crippen LogP contribution in [-0.2, 0) is 16.1 Å². The highest BCUT2D eigenvalue weighted by Gasteiger charge is 2.40. The summed E-state index contributed by atoms with van der Waals surface area (Å²) in [6.45, 7) is 1.42. The number of anilines is 2. The SMILES string of the molecule is O=C1CSc2ccc(CN[C@H]3CC[C@](O)(C(=O)Nc4ccnc5ccc6c(c45)OCCO6)CC3)nc2N1. The van der Waals surface area contributed by atoms with Gasteiger partial charge in [-0.25, -0.2) is 4.98 Å².